The van der Waals surface area contributed by atoms with Crippen LogP contribution in [-0.4, -0.2) is 0 Å². The SMILES string of the molecule is Cc1cc(Oc2ccc(C#N)cc2)c(N)cc1F. The molecule has 0 radical (unpaired) electrons. The molecule has 0 aliphatic heterocycles. The number of halogens is 1. The molecule has 0 unspecified atom stereocenters. The number of ether oxygens (including phenoxy) is 1. The number of nitrogen functional groups attached to an aromatic ring is 1. The van der Waals surface area contributed by atoms with Gasteiger partial charge in [-0.05, 0) is 42.8 Å². The Balaban J connectivity index is 2.28. The average Bonchev–Trinajstić information content (AvgIpc) is 2.37. The molecule has 0 aliphatic carbocycles. The number of anilines is 1. The van der Waals surface area contributed by atoms with Gasteiger partial charge in [-0.2, -0.15) is 5.26 Å². The predicted octanol–water partition coefficient (Wildman–Crippen LogP) is 3.38. The second-order valence-electron chi connectivity index (χ2n) is 3.88. The van der Waals surface area contributed by atoms with Gasteiger partial charge in [0.25, 0.3) is 0 Å². The van der Waals surface area contributed by atoms with Crippen molar-refractivity contribution in [2.75, 3.05) is 5.73 Å². The highest BCUT2D eigenvalue weighted by Crippen LogP contribution is 2.29. The van der Waals surface area contributed by atoms with E-state index in [4.69, 9.17) is 15.7 Å². The van der Waals surface area contributed by atoms with Gasteiger partial charge in [-0.1, -0.05) is 0 Å². The van der Waals surface area contributed by atoms with Crippen LogP contribution in [0.15, 0.2) is 36.4 Å². The first kappa shape index (κ1) is 11.9. The number of hydrogen-bond acceptors (Lipinski definition) is 3. The molecule has 0 fully saturated rings. The third-order valence-corrected chi connectivity index (χ3v) is 2.50. The quantitative estimate of drug-likeness (QED) is 0.821. The summed E-state index contributed by atoms with van der Waals surface area (Å²) in [5, 5.41) is 8.68. The van der Waals surface area contributed by atoms with E-state index in [0.717, 1.165) is 0 Å². The molecule has 3 nitrogen and oxygen atoms in total. The van der Waals surface area contributed by atoms with Gasteiger partial charge in [-0.15, -0.1) is 0 Å². The van der Waals surface area contributed by atoms with E-state index in [1.54, 1.807) is 37.3 Å². The molecule has 0 aliphatic rings. The summed E-state index contributed by atoms with van der Waals surface area (Å²) in [7, 11) is 0. The highest BCUT2D eigenvalue weighted by Gasteiger charge is 2.07. The van der Waals surface area contributed by atoms with E-state index in [1.807, 2.05) is 6.07 Å². The normalized spacial score (nSPS) is 9.83. The van der Waals surface area contributed by atoms with Gasteiger partial charge in [-0.25, -0.2) is 4.39 Å². The number of hydrogen-bond donors (Lipinski definition) is 1. The van der Waals surface area contributed by atoms with Crippen LogP contribution in [0.1, 0.15) is 11.1 Å². The minimum Gasteiger partial charge on any atom is -0.455 e. The third-order valence-electron chi connectivity index (χ3n) is 2.50. The molecule has 90 valence electrons. The van der Waals surface area contributed by atoms with E-state index in [0.29, 0.717) is 22.6 Å². The molecule has 2 rings (SSSR count). The molecule has 0 heterocycles. The Bertz CT molecular complexity index is 615. The Labute approximate surface area is 104 Å². The lowest BCUT2D eigenvalue weighted by atomic mass is 10.2. The molecule has 2 aromatic carbocycles. The Morgan fingerprint density at radius 1 is 1.22 bits per heavy atom. The smallest absolute Gasteiger partial charge is 0.150 e. The number of nitrogens with two attached hydrogens (primary N) is 1. The van der Waals surface area contributed by atoms with Crippen LogP contribution in [0.25, 0.3) is 0 Å². The minimum atomic E-state index is -0.361. The van der Waals surface area contributed by atoms with E-state index < -0.39 is 0 Å². The van der Waals surface area contributed by atoms with E-state index in [1.165, 1.54) is 6.07 Å². The van der Waals surface area contributed by atoms with Crippen LogP contribution >= 0.6 is 0 Å². The topological polar surface area (TPSA) is 59.0 Å². The molecular formula is C14H11FN2O. The lowest BCUT2D eigenvalue weighted by Gasteiger charge is -2.09. The summed E-state index contributed by atoms with van der Waals surface area (Å²) in [6, 6.07) is 11.4. The summed E-state index contributed by atoms with van der Waals surface area (Å²) in [6.45, 7) is 1.64. The summed E-state index contributed by atoms with van der Waals surface area (Å²) in [5.41, 5.74) is 6.93. The average molecular weight is 242 g/mol. The van der Waals surface area contributed by atoms with Gasteiger partial charge >= 0.3 is 0 Å². The van der Waals surface area contributed by atoms with Crippen molar-refractivity contribution in [1.29, 1.82) is 5.26 Å². The second kappa shape index (κ2) is 4.76. The maximum absolute atomic E-state index is 13.2. The van der Waals surface area contributed by atoms with Crippen LogP contribution in [0.2, 0.25) is 0 Å². The third kappa shape index (κ3) is 2.41. The summed E-state index contributed by atoms with van der Waals surface area (Å²) >= 11 is 0. The second-order valence-corrected chi connectivity index (χ2v) is 3.88. The number of benzene rings is 2. The molecule has 4 heteroatoms. The van der Waals surface area contributed by atoms with Crippen molar-refractivity contribution < 1.29 is 9.13 Å². The van der Waals surface area contributed by atoms with Crippen LogP contribution in [0, 0.1) is 24.1 Å². The zero-order chi connectivity index (χ0) is 13.1. The first-order valence-electron chi connectivity index (χ1n) is 5.34. The number of aryl methyl sites for hydroxylation is 1. The zero-order valence-electron chi connectivity index (χ0n) is 9.77. The van der Waals surface area contributed by atoms with Crippen molar-refractivity contribution in [3.05, 3.63) is 53.3 Å². The van der Waals surface area contributed by atoms with Gasteiger partial charge in [0.05, 0.1) is 17.3 Å². The predicted molar refractivity (Wildman–Crippen MR) is 66.8 cm³/mol. The van der Waals surface area contributed by atoms with E-state index in [2.05, 4.69) is 0 Å². The first-order chi connectivity index (χ1) is 8.60. The van der Waals surface area contributed by atoms with E-state index in [-0.39, 0.29) is 11.5 Å². The lowest BCUT2D eigenvalue weighted by Crippen LogP contribution is -1.95. The van der Waals surface area contributed by atoms with Crippen LogP contribution in [0.5, 0.6) is 11.5 Å². The maximum atomic E-state index is 13.2. The molecular weight excluding hydrogens is 231 g/mol. The first-order valence-corrected chi connectivity index (χ1v) is 5.34. The molecule has 0 bridgehead atoms. The fraction of sp³-hybridized carbons (Fsp3) is 0.0714. The summed E-state index contributed by atoms with van der Waals surface area (Å²) in [4.78, 5) is 0. The highest BCUT2D eigenvalue weighted by atomic mass is 19.1. The molecule has 0 saturated heterocycles. The van der Waals surface area contributed by atoms with Crippen molar-refractivity contribution in [2.45, 2.75) is 6.92 Å². The molecule has 0 atom stereocenters. The monoisotopic (exact) mass is 242 g/mol. The standard InChI is InChI=1S/C14H11FN2O/c1-9-6-14(13(17)7-12(9)15)18-11-4-2-10(8-16)3-5-11/h2-7H,17H2,1H3. The van der Waals surface area contributed by atoms with E-state index >= 15 is 0 Å². The summed E-state index contributed by atoms with van der Waals surface area (Å²) in [6.07, 6.45) is 0. The van der Waals surface area contributed by atoms with Crippen molar-refractivity contribution in [1.82, 2.24) is 0 Å². The highest BCUT2D eigenvalue weighted by molar-refractivity contribution is 5.56. The molecule has 2 N–H and O–H groups in total. The Kier molecular flexibility index (Phi) is 3.16. The minimum absolute atomic E-state index is 0.238. The van der Waals surface area contributed by atoms with Crippen LogP contribution in [-0.2, 0) is 0 Å². The van der Waals surface area contributed by atoms with Crippen molar-refractivity contribution in [2.24, 2.45) is 0 Å². The zero-order valence-corrected chi connectivity index (χ0v) is 9.77. The molecule has 18 heavy (non-hydrogen) atoms. The van der Waals surface area contributed by atoms with Crippen molar-refractivity contribution in [3.63, 3.8) is 0 Å². The van der Waals surface area contributed by atoms with E-state index in [9.17, 15) is 4.39 Å². The Morgan fingerprint density at radius 2 is 1.89 bits per heavy atom. The van der Waals surface area contributed by atoms with Gasteiger partial charge in [0.2, 0.25) is 0 Å². The number of nitriles is 1. The van der Waals surface area contributed by atoms with Gasteiger partial charge in [0, 0.05) is 6.07 Å². The maximum Gasteiger partial charge on any atom is 0.150 e. The molecule has 0 aromatic heterocycles. The Hall–Kier alpha value is -2.54. The van der Waals surface area contributed by atoms with Gasteiger partial charge in [0.1, 0.15) is 11.6 Å². The Morgan fingerprint density at radius 3 is 2.50 bits per heavy atom. The fourth-order valence-corrected chi connectivity index (χ4v) is 1.48. The summed E-state index contributed by atoms with van der Waals surface area (Å²) in [5.74, 6) is 0.588. The molecule has 0 amide bonds. The summed E-state index contributed by atoms with van der Waals surface area (Å²) < 4.78 is 18.8. The van der Waals surface area contributed by atoms with Gasteiger partial charge in [0.15, 0.2) is 5.75 Å². The van der Waals surface area contributed by atoms with Gasteiger partial charge in [-0.3, -0.25) is 0 Å². The van der Waals surface area contributed by atoms with Crippen molar-refractivity contribution in [3.8, 4) is 17.6 Å². The van der Waals surface area contributed by atoms with Gasteiger partial charge < -0.3 is 10.5 Å². The lowest BCUT2D eigenvalue weighted by molar-refractivity contribution is 0.482. The fourth-order valence-electron chi connectivity index (χ4n) is 1.48. The molecule has 0 spiro atoms. The van der Waals surface area contributed by atoms with Crippen LogP contribution in [0.3, 0.4) is 0 Å². The molecule has 2 aromatic rings. The largest absolute Gasteiger partial charge is 0.455 e. The number of nitrogens with zero attached hydrogens (tertiary/aromatic N) is 1. The molecule has 0 saturated carbocycles. The van der Waals surface area contributed by atoms with Crippen LogP contribution in [0.4, 0.5) is 10.1 Å². The number of rotatable bonds is 2. The van der Waals surface area contributed by atoms with Crippen molar-refractivity contribution >= 4 is 5.69 Å². The van der Waals surface area contributed by atoms with Crippen LogP contribution < -0.4 is 10.5 Å².